The summed E-state index contributed by atoms with van der Waals surface area (Å²) in [6, 6.07) is 7.23. The van der Waals surface area contributed by atoms with Gasteiger partial charge in [-0.05, 0) is 26.7 Å². The van der Waals surface area contributed by atoms with Crippen molar-refractivity contribution in [2.24, 2.45) is 11.8 Å². The molecule has 0 radical (unpaired) electrons. The smallest absolute Gasteiger partial charge is 0.245 e. The monoisotopic (exact) mass is 465 g/mol. The molecule has 34 heavy (non-hydrogen) atoms. The second-order valence-electron chi connectivity index (χ2n) is 9.70. The highest BCUT2D eigenvalue weighted by atomic mass is 16.5. The van der Waals surface area contributed by atoms with E-state index in [9.17, 15) is 14.4 Å². The quantitative estimate of drug-likeness (QED) is 0.625. The first-order chi connectivity index (χ1) is 16.4. The van der Waals surface area contributed by atoms with E-state index in [2.05, 4.69) is 15.0 Å². The summed E-state index contributed by atoms with van der Waals surface area (Å²) < 4.78 is 5.44. The summed E-state index contributed by atoms with van der Waals surface area (Å²) in [4.78, 5) is 48.6. The number of carbonyl (C=O) groups is 3. The van der Waals surface area contributed by atoms with Gasteiger partial charge in [-0.2, -0.15) is 4.98 Å². The number of piperazine rings is 1. The Labute approximate surface area is 199 Å². The van der Waals surface area contributed by atoms with Crippen molar-refractivity contribution < 1.29 is 18.9 Å². The van der Waals surface area contributed by atoms with Crippen LogP contribution in [0.5, 0.6) is 0 Å². The molecule has 1 aromatic heterocycles. The zero-order valence-electron chi connectivity index (χ0n) is 19.8. The van der Waals surface area contributed by atoms with Crippen LogP contribution in [-0.4, -0.2) is 74.8 Å². The lowest BCUT2D eigenvalue weighted by atomic mass is 9.81. The predicted octanol–water partition coefficient (Wildman–Crippen LogP) is 2.25. The van der Waals surface area contributed by atoms with E-state index in [0.29, 0.717) is 44.4 Å². The molecule has 9 heteroatoms. The number of imide groups is 1. The van der Waals surface area contributed by atoms with Crippen LogP contribution in [0.25, 0.3) is 11.4 Å². The zero-order valence-corrected chi connectivity index (χ0v) is 19.8. The first kappa shape index (κ1) is 22.7. The van der Waals surface area contributed by atoms with Gasteiger partial charge in [0.05, 0.1) is 18.4 Å². The maximum atomic E-state index is 13.2. The van der Waals surface area contributed by atoms with E-state index in [1.165, 1.54) is 10.5 Å². The molecule has 1 aromatic carbocycles. The third-order valence-electron chi connectivity index (χ3n) is 7.44. The molecule has 0 bridgehead atoms. The number of rotatable bonds is 5. The van der Waals surface area contributed by atoms with E-state index in [-0.39, 0.29) is 29.6 Å². The number of aryl methyl sites for hydroxylation is 1. The van der Waals surface area contributed by atoms with Crippen LogP contribution in [0.3, 0.4) is 0 Å². The number of carbonyl (C=O) groups excluding carboxylic acids is 3. The van der Waals surface area contributed by atoms with Crippen molar-refractivity contribution in [2.45, 2.75) is 52.1 Å². The molecule has 5 rings (SSSR count). The molecule has 3 heterocycles. The van der Waals surface area contributed by atoms with Crippen LogP contribution in [0.1, 0.15) is 44.1 Å². The zero-order chi connectivity index (χ0) is 23.8. The van der Waals surface area contributed by atoms with E-state index in [1.54, 1.807) is 11.8 Å². The normalized spacial score (nSPS) is 24.4. The molecule has 1 saturated carbocycles. The lowest BCUT2D eigenvalue weighted by molar-refractivity contribution is -0.151. The van der Waals surface area contributed by atoms with Gasteiger partial charge in [-0.15, -0.1) is 0 Å². The summed E-state index contributed by atoms with van der Waals surface area (Å²) in [5.41, 5.74) is 2.09. The molecular formula is C25H31N5O4. The van der Waals surface area contributed by atoms with Crippen LogP contribution in [0.15, 0.2) is 28.8 Å². The minimum Gasteiger partial charge on any atom is -0.338 e. The molecule has 2 aromatic rings. The van der Waals surface area contributed by atoms with Gasteiger partial charge in [-0.1, -0.05) is 47.8 Å². The molecule has 0 N–H and O–H groups in total. The van der Waals surface area contributed by atoms with Crippen molar-refractivity contribution in [3.63, 3.8) is 0 Å². The van der Waals surface area contributed by atoms with Crippen molar-refractivity contribution in [3.8, 4) is 11.4 Å². The fourth-order valence-electron chi connectivity index (χ4n) is 5.40. The Morgan fingerprint density at radius 2 is 1.65 bits per heavy atom. The van der Waals surface area contributed by atoms with Gasteiger partial charge in [0.2, 0.25) is 29.4 Å². The van der Waals surface area contributed by atoms with Crippen LogP contribution >= 0.6 is 0 Å². The summed E-state index contributed by atoms with van der Waals surface area (Å²) in [6.45, 7) is 6.62. The van der Waals surface area contributed by atoms with Crippen molar-refractivity contribution in [3.05, 3.63) is 35.7 Å². The predicted molar refractivity (Wildman–Crippen MR) is 123 cm³/mol. The van der Waals surface area contributed by atoms with E-state index in [4.69, 9.17) is 4.52 Å². The van der Waals surface area contributed by atoms with Crippen LogP contribution < -0.4 is 0 Å². The number of benzene rings is 1. The number of amides is 3. The van der Waals surface area contributed by atoms with Gasteiger partial charge in [0.25, 0.3) is 0 Å². The van der Waals surface area contributed by atoms with Crippen molar-refractivity contribution in [2.75, 3.05) is 26.2 Å². The molecule has 2 aliphatic heterocycles. The number of fused-ring (bicyclic) bond motifs is 1. The Morgan fingerprint density at radius 3 is 2.26 bits per heavy atom. The third-order valence-corrected chi connectivity index (χ3v) is 7.44. The molecule has 3 aliphatic rings. The molecule has 3 amide bonds. The molecule has 1 aliphatic carbocycles. The molecule has 2 saturated heterocycles. The van der Waals surface area contributed by atoms with E-state index >= 15 is 0 Å². The van der Waals surface area contributed by atoms with Gasteiger partial charge in [0, 0.05) is 31.7 Å². The van der Waals surface area contributed by atoms with Crippen LogP contribution in [0.4, 0.5) is 0 Å². The largest absolute Gasteiger partial charge is 0.338 e. The van der Waals surface area contributed by atoms with Gasteiger partial charge >= 0.3 is 0 Å². The average Bonchev–Trinajstić information content (AvgIpc) is 3.42. The molecule has 0 spiro atoms. The van der Waals surface area contributed by atoms with Crippen LogP contribution in [0, 0.1) is 18.8 Å². The lowest BCUT2D eigenvalue weighted by Crippen LogP contribution is -2.55. The second kappa shape index (κ2) is 9.29. The second-order valence-corrected chi connectivity index (χ2v) is 9.70. The fraction of sp³-hybridized carbons (Fsp3) is 0.560. The lowest BCUT2D eigenvalue weighted by Gasteiger charge is -2.36. The highest BCUT2D eigenvalue weighted by Crippen LogP contribution is 2.39. The minimum atomic E-state index is -0.745. The Balaban J connectivity index is 1.15. The summed E-state index contributed by atoms with van der Waals surface area (Å²) in [7, 11) is 0. The SMILES string of the molecule is Cc1ccc(-c2noc(CN3CCN(C(=O)[C@H](C)N4C(=O)[C@@H]5CCCC[C@H]5C4=O)CC3)n2)cc1. The maximum Gasteiger partial charge on any atom is 0.245 e. The van der Waals surface area contributed by atoms with Gasteiger partial charge in [-0.3, -0.25) is 24.2 Å². The molecule has 9 nitrogen and oxygen atoms in total. The number of hydrogen-bond acceptors (Lipinski definition) is 7. The standard InChI is InChI=1S/C25H31N5O4/c1-16-7-9-18(10-8-16)22-26-21(34-27-22)15-28-11-13-29(14-12-28)23(31)17(2)30-24(32)19-5-3-4-6-20(19)25(30)33/h7-10,17,19-20H,3-6,11-15H2,1-2H3/t17-,19+,20+/m0/s1. The van der Waals surface area contributed by atoms with Crippen LogP contribution in [-0.2, 0) is 20.9 Å². The van der Waals surface area contributed by atoms with Gasteiger partial charge in [0.1, 0.15) is 6.04 Å². The summed E-state index contributed by atoms with van der Waals surface area (Å²) >= 11 is 0. The van der Waals surface area contributed by atoms with Gasteiger partial charge < -0.3 is 9.42 Å². The van der Waals surface area contributed by atoms with Gasteiger partial charge in [-0.25, -0.2) is 0 Å². The topological polar surface area (TPSA) is 99.9 Å². The molecule has 3 fully saturated rings. The average molecular weight is 466 g/mol. The maximum absolute atomic E-state index is 13.2. The summed E-state index contributed by atoms with van der Waals surface area (Å²) in [5, 5.41) is 4.09. The Morgan fingerprint density at radius 1 is 1.03 bits per heavy atom. The van der Waals surface area contributed by atoms with Crippen molar-refractivity contribution in [1.82, 2.24) is 24.8 Å². The number of hydrogen-bond donors (Lipinski definition) is 0. The van der Waals surface area contributed by atoms with E-state index in [0.717, 1.165) is 31.2 Å². The molecule has 0 unspecified atom stereocenters. The molecule has 180 valence electrons. The highest BCUT2D eigenvalue weighted by Gasteiger charge is 2.51. The van der Waals surface area contributed by atoms with Crippen molar-refractivity contribution in [1.29, 1.82) is 0 Å². The first-order valence-corrected chi connectivity index (χ1v) is 12.2. The summed E-state index contributed by atoms with van der Waals surface area (Å²) in [5.74, 6) is 0.183. The molecular weight excluding hydrogens is 434 g/mol. The third kappa shape index (κ3) is 4.24. The van der Waals surface area contributed by atoms with Gasteiger partial charge in [0.15, 0.2) is 0 Å². The Hall–Kier alpha value is -3.07. The Bertz CT molecular complexity index is 1050. The number of aromatic nitrogens is 2. The fourth-order valence-corrected chi connectivity index (χ4v) is 5.40. The number of likely N-dealkylation sites (tertiary alicyclic amines) is 1. The van der Waals surface area contributed by atoms with E-state index in [1.807, 2.05) is 31.2 Å². The highest BCUT2D eigenvalue weighted by molar-refractivity contribution is 6.08. The van der Waals surface area contributed by atoms with Crippen molar-refractivity contribution >= 4 is 17.7 Å². The number of nitrogens with zero attached hydrogens (tertiary/aromatic N) is 5. The van der Waals surface area contributed by atoms with E-state index < -0.39 is 6.04 Å². The first-order valence-electron chi connectivity index (χ1n) is 12.2. The summed E-state index contributed by atoms with van der Waals surface area (Å²) in [6.07, 6.45) is 3.47. The molecule has 3 atom stereocenters. The van der Waals surface area contributed by atoms with Crippen LogP contribution in [0.2, 0.25) is 0 Å². The Kier molecular flexibility index (Phi) is 6.20. The minimum absolute atomic E-state index is 0.153.